The summed E-state index contributed by atoms with van der Waals surface area (Å²) >= 11 is 0. The molecule has 15 heavy (non-hydrogen) atoms. The van der Waals surface area contributed by atoms with Crippen LogP contribution in [-0.4, -0.2) is 16.0 Å². The van der Waals surface area contributed by atoms with Crippen LogP contribution in [0.2, 0.25) is 0 Å². The van der Waals surface area contributed by atoms with E-state index in [4.69, 9.17) is 10.8 Å². The first kappa shape index (κ1) is 11.1. The minimum atomic E-state index is -1.33. The SMILES string of the molecule is CC(N)c1ccc([N+](=O)[O-])c(C(=O)O)c1. The molecular formula is C9H10N2O4. The van der Waals surface area contributed by atoms with Crippen molar-refractivity contribution in [3.63, 3.8) is 0 Å². The lowest BCUT2D eigenvalue weighted by molar-refractivity contribution is -0.385. The Morgan fingerprint density at radius 2 is 2.20 bits per heavy atom. The van der Waals surface area contributed by atoms with E-state index in [9.17, 15) is 14.9 Å². The molecule has 0 bridgehead atoms. The zero-order valence-electron chi connectivity index (χ0n) is 8.01. The van der Waals surface area contributed by atoms with Crippen molar-refractivity contribution >= 4 is 11.7 Å². The van der Waals surface area contributed by atoms with Crippen molar-refractivity contribution in [3.05, 3.63) is 39.4 Å². The van der Waals surface area contributed by atoms with Crippen LogP contribution in [0.3, 0.4) is 0 Å². The zero-order valence-corrected chi connectivity index (χ0v) is 8.01. The number of nitrogens with zero attached hydrogens (tertiary/aromatic N) is 1. The molecule has 1 atom stereocenters. The number of benzene rings is 1. The Balaban J connectivity index is 3.33. The van der Waals surface area contributed by atoms with E-state index in [1.165, 1.54) is 12.1 Å². The molecule has 0 saturated heterocycles. The summed E-state index contributed by atoms with van der Waals surface area (Å²) in [5, 5.41) is 19.3. The number of hydrogen-bond donors (Lipinski definition) is 2. The molecule has 0 amide bonds. The number of carboxylic acids is 1. The number of rotatable bonds is 3. The summed E-state index contributed by atoms with van der Waals surface area (Å²) in [5.74, 6) is -1.33. The van der Waals surface area contributed by atoms with Crippen LogP contribution in [0.1, 0.15) is 28.9 Å². The van der Waals surface area contributed by atoms with Gasteiger partial charge < -0.3 is 10.8 Å². The fourth-order valence-corrected chi connectivity index (χ4v) is 1.17. The maximum atomic E-state index is 10.8. The predicted octanol–water partition coefficient (Wildman–Crippen LogP) is 1.31. The van der Waals surface area contributed by atoms with Crippen LogP contribution in [0.15, 0.2) is 18.2 Å². The Morgan fingerprint density at radius 3 is 2.60 bits per heavy atom. The summed E-state index contributed by atoms with van der Waals surface area (Å²) in [6, 6.07) is 3.48. The summed E-state index contributed by atoms with van der Waals surface area (Å²) in [6.45, 7) is 1.67. The molecule has 0 aromatic heterocycles. The lowest BCUT2D eigenvalue weighted by Crippen LogP contribution is -2.08. The van der Waals surface area contributed by atoms with E-state index in [-0.39, 0.29) is 11.6 Å². The third kappa shape index (κ3) is 2.29. The molecule has 0 saturated carbocycles. The molecule has 0 aliphatic carbocycles. The molecule has 1 aromatic rings. The molecule has 0 aliphatic rings. The number of nitro benzene ring substituents is 1. The molecule has 6 nitrogen and oxygen atoms in total. The van der Waals surface area contributed by atoms with E-state index in [0.717, 1.165) is 6.07 Å². The fraction of sp³-hybridized carbons (Fsp3) is 0.222. The van der Waals surface area contributed by atoms with Crippen LogP contribution >= 0.6 is 0 Å². The van der Waals surface area contributed by atoms with Gasteiger partial charge in [-0.15, -0.1) is 0 Å². The molecule has 80 valence electrons. The maximum absolute atomic E-state index is 10.8. The lowest BCUT2D eigenvalue weighted by atomic mass is 10.0. The van der Waals surface area contributed by atoms with Gasteiger partial charge in [-0.1, -0.05) is 6.07 Å². The molecule has 1 rings (SSSR count). The molecule has 0 fully saturated rings. The Kier molecular flexibility index (Phi) is 3.01. The molecule has 6 heteroatoms. The highest BCUT2D eigenvalue weighted by atomic mass is 16.6. The Bertz CT molecular complexity index is 415. The first-order valence-corrected chi connectivity index (χ1v) is 4.20. The second kappa shape index (κ2) is 4.05. The minimum absolute atomic E-state index is 0.338. The largest absolute Gasteiger partial charge is 0.477 e. The molecule has 0 spiro atoms. The van der Waals surface area contributed by atoms with Crippen molar-refractivity contribution in [2.75, 3.05) is 0 Å². The van der Waals surface area contributed by atoms with E-state index in [1.54, 1.807) is 6.92 Å². The van der Waals surface area contributed by atoms with E-state index in [2.05, 4.69) is 0 Å². The third-order valence-electron chi connectivity index (χ3n) is 1.97. The van der Waals surface area contributed by atoms with Gasteiger partial charge in [-0.25, -0.2) is 4.79 Å². The molecule has 1 unspecified atom stereocenters. The third-order valence-corrected chi connectivity index (χ3v) is 1.97. The summed E-state index contributed by atoms with van der Waals surface area (Å²) < 4.78 is 0. The number of aromatic carboxylic acids is 1. The number of nitrogens with two attached hydrogens (primary N) is 1. The van der Waals surface area contributed by atoms with Gasteiger partial charge in [0.25, 0.3) is 5.69 Å². The van der Waals surface area contributed by atoms with Gasteiger partial charge in [0.1, 0.15) is 5.56 Å². The van der Waals surface area contributed by atoms with Gasteiger partial charge in [0.05, 0.1) is 4.92 Å². The van der Waals surface area contributed by atoms with E-state index in [0.29, 0.717) is 5.56 Å². The van der Waals surface area contributed by atoms with Crippen LogP contribution in [-0.2, 0) is 0 Å². The first-order chi connectivity index (χ1) is 6.93. The van der Waals surface area contributed by atoms with Gasteiger partial charge in [-0.05, 0) is 18.6 Å². The topological polar surface area (TPSA) is 106 Å². The summed E-state index contributed by atoms with van der Waals surface area (Å²) in [5.41, 5.74) is 5.34. The number of nitro groups is 1. The molecule has 0 aliphatic heterocycles. The van der Waals surface area contributed by atoms with Gasteiger partial charge >= 0.3 is 5.97 Å². The van der Waals surface area contributed by atoms with Crippen LogP contribution in [0, 0.1) is 10.1 Å². The Morgan fingerprint density at radius 1 is 1.60 bits per heavy atom. The molecule has 0 heterocycles. The monoisotopic (exact) mass is 210 g/mol. The number of hydrogen-bond acceptors (Lipinski definition) is 4. The lowest BCUT2D eigenvalue weighted by Gasteiger charge is -2.06. The molecular weight excluding hydrogens is 200 g/mol. The number of carbonyl (C=O) groups is 1. The molecule has 1 aromatic carbocycles. The fourth-order valence-electron chi connectivity index (χ4n) is 1.17. The van der Waals surface area contributed by atoms with Crippen LogP contribution in [0.5, 0.6) is 0 Å². The van der Waals surface area contributed by atoms with E-state index in [1.807, 2.05) is 0 Å². The second-order valence-electron chi connectivity index (χ2n) is 3.13. The van der Waals surface area contributed by atoms with Crippen molar-refractivity contribution in [2.24, 2.45) is 5.73 Å². The predicted molar refractivity (Wildman–Crippen MR) is 52.7 cm³/mol. The van der Waals surface area contributed by atoms with Gasteiger partial charge in [-0.2, -0.15) is 0 Å². The van der Waals surface area contributed by atoms with Crippen molar-refractivity contribution < 1.29 is 14.8 Å². The standard InChI is InChI=1S/C9H10N2O4/c1-5(10)6-2-3-8(11(14)15)7(4-6)9(12)13/h2-5H,10H2,1H3,(H,12,13). The molecule has 3 N–H and O–H groups in total. The van der Waals surface area contributed by atoms with Crippen LogP contribution in [0.4, 0.5) is 5.69 Å². The number of carboxylic acid groups (broad SMARTS) is 1. The Labute approximate surface area is 85.5 Å². The summed E-state index contributed by atoms with van der Waals surface area (Å²) in [7, 11) is 0. The smallest absolute Gasteiger partial charge is 0.342 e. The van der Waals surface area contributed by atoms with Gasteiger partial charge in [0, 0.05) is 12.1 Å². The summed E-state index contributed by atoms with van der Waals surface area (Å²) in [6.07, 6.45) is 0. The van der Waals surface area contributed by atoms with Crippen molar-refractivity contribution in [1.29, 1.82) is 0 Å². The van der Waals surface area contributed by atoms with Crippen molar-refractivity contribution in [3.8, 4) is 0 Å². The van der Waals surface area contributed by atoms with Crippen LogP contribution in [0.25, 0.3) is 0 Å². The van der Waals surface area contributed by atoms with E-state index < -0.39 is 16.6 Å². The molecule has 0 radical (unpaired) electrons. The van der Waals surface area contributed by atoms with Gasteiger partial charge in [0.2, 0.25) is 0 Å². The van der Waals surface area contributed by atoms with Gasteiger partial charge in [0.15, 0.2) is 0 Å². The highest BCUT2D eigenvalue weighted by Gasteiger charge is 2.20. The average Bonchev–Trinajstić information content (AvgIpc) is 2.16. The van der Waals surface area contributed by atoms with Crippen molar-refractivity contribution in [1.82, 2.24) is 0 Å². The minimum Gasteiger partial charge on any atom is -0.477 e. The van der Waals surface area contributed by atoms with E-state index >= 15 is 0 Å². The van der Waals surface area contributed by atoms with Crippen LogP contribution < -0.4 is 5.73 Å². The second-order valence-corrected chi connectivity index (χ2v) is 3.13. The quantitative estimate of drug-likeness (QED) is 0.577. The highest BCUT2D eigenvalue weighted by Crippen LogP contribution is 2.22. The Hall–Kier alpha value is -1.95. The first-order valence-electron chi connectivity index (χ1n) is 4.20. The summed E-state index contributed by atoms with van der Waals surface area (Å²) in [4.78, 5) is 20.5. The zero-order chi connectivity index (χ0) is 11.6. The van der Waals surface area contributed by atoms with Gasteiger partial charge in [-0.3, -0.25) is 10.1 Å². The highest BCUT2D eigenvalue weighted by molar-refractivity contribution is 5.92. The maximum Gasteiger partial charge on any atom is 0.342 e. The normalized spacial score (nSPS) is 12.1. The van der Waals surface area contributed by atoms with Crippen molar-refractivity contribution in [2.45, 2.75) is 13.0 Å². The average molecular weight is 210 g/mol.